The molecule has 106 valence electrons. The van der Waals surface area contributed by atoms with Gasteiger partial charge in [0, 0.05) is 50.0 Å². The van der Waals surface area contributed by atoms with Crippen molar-refractivity contribution in [2.75, 3.05) is 36.0 Å². The Morgan fingerprint density at radius 1 is 1.15 bits per heavy atom. The first kappa shape index (κ1) is 13.3. The molecular weight excluding hydrogens is 275 g/mol. The van der Waals surface area contributed by atoms with Crippen molar-refractivity contribution in [3.63, 3.8) is 0 Å². The number of halogens is 1. The number of piperazine rings is 1. The fourth-order valence-corrected chi connectivity index (χ4v) is 3.16. The second-order valence-electron chi connectivity index (χ2n) is 4.81. The minimum absolute atomic E-state index is 0.217. The summed E-state index contributed by atoms with van der Waals surface area (Å²) in [6.07, 6.45) is 1.83. The van der Waals surface area contributed by atoms with Crippen LogP contribution >= 0.6 is 11.3 Å². The van der Waals surface area contributed by atoms with E-state index in [-0.39, 0.29) is 5.82 Å². The third kappa shape index (κ3) is 2.76. The molecule has 1 aliphatic heterocycles. The summed E-state index contributed by atoms with van der Waals surface area (Å²) in [7, 11) is 0. The van der Waals surface area contributed by atoms with Crippen molar-refractivity contribution in [1.82, 2.24) is 4.98 Å². The summed E-state index contributed by atoms with van der Waals surface area (Å²) < 4.78 is 13.6. The smallest absolute Gasteiger partial charge is 0.185 e. The van der Waals surface area contributed by atoms with E-state index in [1.54, 1.807) is 17.4 Å². The monoisotopic (exact) mass is 292 g/mol. The summed E-state index contributed by atoms with van der Waals surface area (Å²) in [4.78, 5) is 8.80. The molecule has 0 amide bonds. The molecule has 0 spiro atoms. The molecule has 0 saturated carbocycles. The van der Waals surface area contributed by atoms with Gasteiger partial charge in [0.05, 0.1) is 0 Å². The quantitative estimate of drug-likeness (QED) is 0.940. The van der Waals surface area contributed by atoms with Crippen LogP contribution in [0.3, 0.4) is 0 Å². The first-order valence-electron chi connectivity index (χ1n) is 6.65. The summed E-state index contributed by atoms with van der Waals surface area (Å²) in [5, 5.41) is 3.05. The van der Waals surface area contributed by atoms with E-state index in [0.717, 1.165) is 42.6 Å². The molecule has 4 nitrogen and oxygen atoms in total. The van der Waals surface area contributed by atoms with E-state index in [1.165, 1.54) is 6.07 Å². The third-order valence-electron chi connectivity index (χ3n) is 3.51. The van der Waals surface area contributed by atoms with Crippen molar-refractivity contribution in [3.8, 4) is 0 Å². The fraction of sp³-hybridized carbons (Fsp3) is 0.357. The molecule has 1 aromatic carbocycles. The number of aromatic nitrogens is 1. The predicted molar refractivity (Wildman–Crippen MR) is 80.8 cm³/mol. The molecule has 2 N–H and O–H groups in total. The number of hydrogen-bond donors (Lipinski definition) is 1. The first-order valence-corrected chi connectivity index (χ1v) is 7.53. The van der Waals surface area contributed by atoms with Gasteiger partial charge in [-0.15, -0.1) is 11.3 Å². The lowest BCUT2D eigenvalue weighted by Gasteiger charge is -2.36. The maximum absolute atomic E-state index is 13.6. The van der Waals surface area contributed by atoms with Crippen molar-refractivity contribution >= 4 is 22.2 Å². The second-order valence-corrected chi connectivity index (χ2v) is 5.68. The molecule has 2 heterocycles. The highest BCUT2D eigenvalue weighted by molar-refractivity contribution is 7.13. The van der Waals surface area contributed by atoms with Crippen LogP contribution in [0.15, 0.2) is 29.8 Å². The number of thiazole rings is 1. The maximum atomic E-state index is 13.6. The number of benzene rings is 1. The lowest BCUT2D eigenvalue weighted by atomic mass is 10.1. The lowest BCUT2D eigenvalue weighted by Crippen LogP contribution is -2.46. The van der Waals surface area contributed by atoms with Crippen LogP contribution in [0.1, 0.15) is 5.56 Å². The van der Waals surface area contributed by atoms with Crippen LogP contribution in [0.5, 0.6) is 0 Å². The van der Waals surface area contributed by atoms with Gasteiger partial charge in [-0.05, 0) is 23.8 Å². The van der Waals surface area contributed by atoms with Crippen molar-refractivity contribution in [2.45, 2.75) is 6.54 Å². The summed E-state index contributed by atoms with van der Waals surface area (Å²) in [5.41, 5.74) is 7.36. The average molecular weight is 292 g/mol. The highest BCUT2D eigenvalue weighted by Gasteiger charge is 2.19. The SMILES string of the molecule is NCc1cc(F)cc(N2CCN(c3nccs3)CC2)c1. The van der Waals surface area contributed by atoms with Crippen molar-refractivity contribution in [2.24, 2.45) is 5.73 Å². The molecule has 1 aliphatic rings. The summed E-state index contributed by atoms with van der Waals surface area (Å²) >= 11 is 1.65. The van der Waals surface area contributed by atoms with Gasteiger partial charge in [-0.25, -0.2) is 9.37 Å². The Labute approximate surface area is 121 Å². The molecule has 0 radical (unpaired) electrons. The van der Waals surface area contributed by atoms with Gasteiger partial charge < -0.3 is 15.5 Å². The standard InChI is InChI=1S/C14H17FN4S/c15-12-7-11(10-16)8-13(9-12)18-2-4-19(5-3-18)14-17-1-6-20-14/h1,6-9H,2-5,10,16H2. The van der Waals surface area contributed by atoms with Crippen LogP contribution in [0.25, 0.3) is 0 Å². The average Bonchev–Trinajstić information content (AvgIpc) is 3.01. The topological polar surface area (TPSA) is 45.4 Å². The zero-order chi connectivity index (χ0) is 13.9. The molecule has 1 saturated heterocycles. The van der Waals surface area contributed by atoms with Gasteiger partial charge >= 0.3 is 0 Å². The molecule has 20 heavy (non-hydrogen) atoms. The highest BCUT2D eigenvalue weighted by atomic mass is 32.1. The Morgan fingerprint density at radius 3 is 2.55 bits per heavy atom. The zero-order valence-corrected chi connectivity index (χ0v) is 11.9. The van der Waals surface area contributed by atoms with Crippen LogP contribution in [-0.2, 0) is 6.54 Å². The van der Waals surface area contributed by atoms with E-state index in [1.807, 2.05) is 17.6 Å². The van der Waals surface area contributed by atoms with Gasteiger partial charge in [-0.1, -0.05) is 0 Å². The summed E-state index contributed by atoms with van der Waals surface area (Å²) in [6.45, 7) is 3.91. The predicted octanol–water partition coefficient (Wildman–Crippen LogP) is 2.07. The van der Waals surface area contributed by atoms with Crippen LogP contribution in [-0.4, -0.2) is 31.2 Å². The Morgan fingerprint density at radius 2 is 1.90 bits per heavy atom. The molecule has 2 aromatic rings. The van der Waals surface area contributed by atoms with E-state index >= 15 is 0 Å². The molecule has 0 unspecified atom stereocenters. The summed E-state index contributed by atoms with van der Waals surface area (Å²) in [5.74, 6) is -0.217. The number of hydrogen-bond acceptors (Lipinski definition) is 5. The molecule has 0 bridgehead atoms. The van der Waals surface area contributed by atoms with Gasteiger partial charge in [-0.3, -0.25) is 0 Å². The Kier molecular flexibility index (Phi) is 3.84. The van der Waals surface area contributed by atoms with Crippen molar-refractivity contribution < 1.29 is 4.39 Å². The van der Waals surface area contributed by atoms with Gasteiger partial charge in [-0.2, -0.15) is 0 Å². The lowest BCUT2D eigenvalue weighted by molar-refractivity contribution is 0.618. The minimum Gasteiger partial charge on any atom is -0.368 e. The first-order chi connectivity index (χ1) is 9.76. The molecular formula is C14H17FN4S. The fourth-order valence-electron chi connectivity index (χ4n) is 2.46. The number of nitrogens with two attached hydrogens (primary N) is 1. The highest BCUT2D eigenvalue weighted by Crippen LogP contribution is 2.23. The van der Waals surface area contributed by atoms with Crippen LogP contribution < -0.4 is 15.5 Å². The zero-order valence-electron chi connectivity index (χ0n) is 11.1. The van der Waals surface area contributed by atoms with Crippen molar-refractivity contribution in [1.29, 1.82) is 0 Å². The van der Waals surface area contributed by atoms with Crippen LogP contribution in [0, 0.1) is 5.82 Å². The van der Waals surface area contributed by atoms with Gasteiger partial charge in [0.25, 0.3) is 0 Å². The molecule has 1 fully saturated rings. The van der Waals surface area contributed by atoms with Gasteiger partial charge in [0.15, 0.2) is 5.13 Å². The molecule has 1 aromatic heterocycles. The summed E-state index contributed by atoms with van der Waals surface area (Å²) in [6, 6.07) is 5.05. The molecule has 0 atom stereocenters. The van der Waals surface area contributed by atoms with Crippen LogP contribution in [0.4, 0.5) is 15.2 Å². The Bertz CT molecular complexity index is 565. The number of anilines is 2. The van der Waals surface area contributed by atoms with E-state index in [0.29, 0.717) is 6.54 Å². The van der Waals surface area contributed by atoms with E-state index in [4.69, 9.17) is 5.73 Å². The molecule has 6 heteroatoms. The Hall–Kier alpha value is -1.66. The van der Waals surface area contributed by atoms with E-state index in [2.05, 4.69) is 14.8 Å². The largest absolute Gasteiger partial charge is 0.368 e. The Balaban J connectivity index is 1.70. The van der Waals surface area contributed by atoms with E-state index < -0.39 is 0 Å². The normalized spacial score (nSPS) is 15.7. The third-order valence-corrected chi connectivity index (χ3v) is 4.34. The molecule has 0 aliphatic carbocycles. The molecule has 3 rings (SSSR count). The van der Waals surface area contributed by atoms with Crippen molar-refractivity contribution in [3.05, 3.63) is 41.2 Å². The minimum atomic E-state index is -0.217. The van der Waals surface area contributed by atoms with E-state index in [9.17, 15) is 4.39 Å². The maximum Gasteiger partial charge on any atom is 0.185 e. The number of nitrogens with zero attached hydrogens (tertiary/aromatic N) is 3. The van der Waals surface area contributed by atoms with Gasteiger partial charge in [0.1, 0.15) is 5.82 Å². The second kappa shape index (κ2) is 5.76. The number of rotatable bonds is 3. The van der Waals surface area contributed by atoms with Gasteiger partial charge in [0.2, 0.25) is 0 Å². The van der Waals surface area contributed by atoms with Crippen LogP contribution in [0.2, 0.25) is 0 Å².